The molecule has 0 spiro atoms. The lowest BCUT2D eigenvalue weighted by molar-refractivity contribution is 0.0746. The van der Waals surface area contributed by atoms with Crippen LogP contribution in [-0.2, 0) is 0 Å². The maximum Gasteiger partial charge on any atom is 0.255 e. The van der Waals surface area contributed by atoms with E-state index in [0.29, 0.717) is 43.9 Å². The lowest BCUT2D eigenvalue weighted by atomic mass is 10.1. The van der Waals surface area contributed by atoms with Crippen molar-refractivity contribution in [1.29, 1.82) is 0 Å². The van der Waals surface area contributed by atoms with Crippen LogP contribution in [0.1, 0.15) is 40.5 Å². The van der Waals surface area contributed by atoms with Gasteiger partial charge < -0.3 is 19.9 Å². The maximum absolute atomic E-state index is 12.9. The summed E-state index contributed by atoms with van der Waals surface area (Å²) in [5, 5.41) is 3.05. The van der Waals surface area contributed by atoms with Gasteiger partial charge in [-0.2, -0.15) is 0 Å². The number of unbranched alkanes of at least 4 members (excludes halogenated alkanes) is 1. The molecule has 0 unspecified atom stereocenters. The van der Waals surface area contributed by atoms with Gasteiger partial charge in [0.15, 0.2) is 0 Å². The van der Waals surface area contributed by atoms with Crippen LogP contribution in [0.2, 0.25) is 0 Å². The van der Waals surface area contributed by atoms with Crippen molar-refractivity contribution in [3.8, 4) is 5.75 Å². The summed E-state index contributed by atoms with van der Waals surface area (Å²) < 4.78 is 5.69. The molecular weight excluding hydrogens is 426 g/mol. The van der Waals surface area contributed by atoms with Crippen LogP contribution < -0.4 is 15.0 Å². The van der Waals surface area contributed by atoms with Gasteiger partial charge in [0.2, 0.25) is 0 Å². The maximum atomic E-state index is 12.9. The molecule has 0 aromatic heterocycles. The highest BCUT2D eigenvalue weighted by Crippen LogP contribution is 2.27. The molecule has 34 heavy (non-hydrogen) atoms. The molecule has 0 atom stereocenters. The molecule has 0 radical (unpaired) electrons. The van der Waals surface area contributed by atoms with Crippen LogP contribution in [-0.4, -0.2) is 49.5 Å². The molecular formula is C28H31N3O3. The normalized spacial score (nSPS) is 13.4. The van der Waals surface area contributed by atoms with E-state index in [1.807, 2.05) is 71.6 Å². The molecule has 0 aliphatic carbocycles. The molecule has 6 heteroatoms. The minimum atomic E-state index is -0.162. The summed E-state index contributed by atoms with van der Waals surface area (Å²) in [6, 6.07) is 24.4. The number of piperazine rings is 1. The summed E-state index contributed by atoms with van der Waals surface area (Å²) in [5.74, 6) is 0.669. The van der Waals surface area contributed by atoms with Crippen molar-refractivity contribution in [3.63, 3.8) is 0 Å². The summed E-state index contributed by atoms with van der Waals surface area (Å²) in [6.45, 7) is 5.48. The number of amides is 2. The molecule has 1 aliphatic rings. The Labute approximate surface area is 201 Å². The number of carbonyl (C=O) groups excluding carboxylic acids is 2. The Bertz CT molecular complexity index is 1090. The zero-order valence-electron chi connectivity index (χ0n) is 19.6. The van der Waals surface area contributed by atoms with Crippen LogP contribution in [0.25, 0.3) is 0 Å². The predicted octanol–water partition coefficient (Wildman–Crippen LogP) is 5.08. The lowest BCUT2D eigenvalue weighted by Crippen LogP contribution is -2.49. The summed E-state index contributed by atoms with van der Waals surface area (Å²) in [4.78, 5) is 29.8. The van der Waals surface area contributed by atoms with E-state index in [-0.39, 0.29) is 11.8 Å². The van der Waals surface area contributed by atoms with Crippen LogP contribution in [0.15, 0.2) is 78.9 Å². The largest absolute Gasteiger partial charge is 0.494 e. The second kappa shape index (κ2) is 11.4. The fourth-order valence-corrected chi connectivity index (χ4v) is 4.00. The van der Waals surface area contributed by atoms with Crippen molar-refractivity contribution >= 4 is 23.2 Å². The Morgan fingerprint density at radius 3 is 2.21 bits per heavy atom. The van der Waals surface area contributed by atoms with Gasteiger partial charge in [-0.3, -0.25) is 9.59 Å². The van der Waals surface area contributed by atoms with E-state index in [0.717, 1.165) is 30.0 Å². The van der Waals surface area contributed by atoms with E-state index in [9.17, 15) is 9.59 Å². The minimum absolute atomic E-state index is 0.0592. The quantitative estimate of drug-likeness (QED) is 0.479. The highest BCUT2D eigenvalue weighted by molar-refractivity contribution is 6.06. The molecule has 4 rings (SSSR count). The lowest BCUT2D eigenvalue weighted by Gasteiger charge is -2.37. The Morgan fingerprint density at radius 2 is 1.50 bits per heavy atom. The van der Waals surface area contributed by atoms with E-state index in [1.54, 1.807) is 12.1 Å². The molecule has 0 saturated carbocycles. The molecule has 0 bridgehead atoms. The van der Waals surface area contributed by atoms with Gasteiger partial charge in [0.05, 0.1) is 18.0 Å². The van der Waals surface area contributed by atoms with Gasteiger partial charge in [0.1, 0.15) is 5.75 Å². The first-order valence-electron chi connectivity index (χ1n) is 11.9. The number of hydrogen-bond acceptors (Lipinski definition) is 4. The first kappa shape index (κ1) is 23.4. The summed E-state index contributed by atoms with van der Waals surface area (Å²) in [6.07, 6.45) is 2.09. The van der Waals surface area contributed by atoms with Crippen LogP contribution in [0.5, 0.6) is 5.75 Å². The average Bonchev–Trinajstić information content (AvgIpc) is 2.90. The number of para-hydroxylation sites is 2. The summed E-state index contributed by atoms with van der Waals surface area (Å²) in [5.41, 5.74) is 3.02. The van der Waals surface area contributed by atoms with Crippen molar-refractivity contribution in [3.05, 3.63) is 90.0 Å². The van der Waals surface area contributed by atoms with Gasteiger partial charge in [-0.15, -0.1) is 0 Å². The zero-order chi connectivity index (χ0) is 23.8. The van der Waals surface area contributed by atoms with Crippen molar-refractivity contribution in [2.24, 2.45) is 0 Å². The Balaban J connectivity index is 1.38. The van der Waals surface area contributed by atoms with Gasteiger partial charge in [0.25, 0.3) is 11.8 Å². The van der Waals surface area contributed by atoms with E-state index in [2.05, 4.69) is 17.1 Å². The fourth-order valence-electron chi connectivity index (χ4n) is 4.00. The molecule has 1 heterocycles. The second-order valence-electron chi connectivity index (χ2n) is 8.34. The highest BCUT2D eigenvalue weighted by atomic mass is 16.5. The number of ether oxygens (including phenoxy) is 1. The summed E-state index contributed by atoms with van der Waals surface area (Å²) in [7, 11) is 0. The molecule has 3 aromatic rings. The van der Waals surface area contributed by atoms with Crippen LogP contribution >= 0.6 is 0 Å². The molecule has 3 aromatic carbocycles. The standard InChI is InChI=1S/C28H31N3O3/c1-2-3-21-34-24-15-13-22(14-16-24)27(32)29-25-11-7-8-12-26(25)30-17-19-31(20-18-30)28(33)23-9-5-4-6-10-23/h4-16H,2-3,17-21H2,1H3,(H,29,32). The Morgan fingerprint density at radius 1 is 0.824 bits per heavy atom. The van der Waals surface area contributed by atoms with Crippen LogP contribution in [0.4, 0.5) is 11.4 Å². The molecule has 2 amide bonds. The van der Waals surface area contributed by atoms with Crippen molar-refractivity contribution in [2.45, 2.75) is 19.8 Å². The molecule has 1 aliphatic heterocycles. The topological polar surface area (TPSA) is 61.9 Å². The third kappa shape index (κ3) is 5.76. The molecule has 1 saturated heterocycles. The van der Waals surface area contributed by atoms with Gasteiger partial charge in [0, 0.05) is 37.3 Å². The van der Waals surface area contributed by atoms with Gasteiger partial charge in [-0.1, -0.05) is 43.7 Å². The Kier molecular flexibility index (Phi) is 7.81. The zero-order valence-corrected chi connectivity index (χ0v) is 19.6. The number of nitrogens with zero attached hydrogens (tertiary/aromatic N) is 2. The third-order valence-electron chi connectivity index (χ3n) is 5.96. The van der Waals surface area contributed by atoms with Gasteiger partial charge in [-0.25, -0.2) is 0 Å². The molecule has 6 nitrogen and oxygen atoms in total. The van der Waals surface area contributed by atoms with Crippen LogP contribution in [0.3, 0.4) is 0 Å². The third-order valence-corrected chi connectivity index (χ3v) is 5.96. The SMILES string of the molecule is CCCCOc1ccc(C(=O)Nc2ccccc2N2CCN(C(=O)c3ccccc3)CC2)cc1. The van der Waals surface area contributed by atoms with Crippen LogP contribution in [0, 0.1) is 0 Å². The smallest absolute Gasteiger partial charge is 0.255 e. The average molecular weight is 458 g/mol. The number of rotatable bonds is 8. The first-order chi connectivity index (χ1) is 16.7. The second-order valence-corrected chi connectivity index (χ2v) is 8.34. The van der Waals surface area contributed by atoms with Gasteiger partial charge >= 0.3 is 0 Å². The van der Waals surface area contributed by atoms with Gasteiger partial charge in [-0.05, 0) is 55.0 Å². The monoisotopic (exact) mass is 457 g/mol. The number of nitrogens with one attached hydrogen (secondary N) is 1. The van der Waals surface area contributed by atoms with E-state index >= 15 is 0 Å². The molecule has 1 fully saturated rings. The minimum Gasteiger partial charge on any atom is -0.494 e. The molecule has 176 valence electrons. The summed E-state index contributed by atoms with van der Waals surface area (Å²) >= 11 is 0. The van der Waals surface area contributed by atoms with E-state index in [1.165, 1.54) is 0 Å². The Hall–Kier alpha value is -3.80. The van der Waals surface area contributed by atoms with Crippen molar-refractivity contribution < 1.29 is 14.3 Å². The number of anilines is 2. The number of benzene rings is 3. The number of hydrogen-bond donors (Lipinski definition) is 1. The highest BCUT2D eigenvalue weighted by Gasteiger charge is 2.23. The number of carbonyl (C=O) groups is 2. The first-order valence-corrected chi connectivity index (χ1v) is 11.9. The molecule has 1 N–H and O–H groups in total. The predicted molar refractivity (Wildman–Crippen MR) is 136 cm³/mol. The van der Waals surface area contributed by atoms with E-state index < -0.39 is 0 Å². The van der Waals surface area contributed by atoms with Crippen molar-refractivity contribution in [1.82, 2.24) is 4.90 Å². The van der Waals surface area contributed by atoms with E-state index in [4.69, 9.17) is 4.74 Å². The van der Waals surface area contributed by atoms with Crippen molar-refractivity contribution in [2.75, 3.05) is 43.0 Å². The fraction of sp³-hybridized carbons (Fsp3) is 0.286.